The standard InChI is InChI=1S/C25H32N4O5.ClH/c1-25(18-8-10-20(33-2)11-9-18)23(31)29(24(32)26-25)17-19(30)16-27-12-14-28(15-13-27)21-6-4-5-7-22(21)34-3;/h4-11,19,30H,12-17H2,1-3H3,(H,26,32);1H. The lowest BCUT2D eigenvalue weighted by atomic mass is 9.92. The number of urea groups is 1. The first-order valence-electron chi connectivity index (χ1n) is 11.4. The molecule has 0 saturated carbocycles. The van der Waals surface area contributed by atoms with E-state index in [9.17, 15) is 14.7 Å². The van der Waals surface area contributed by atoms with Crippen molar-refractivity contribution in [3.05, 3.63) is 54.1 Å². The molecule has 2 atom stereocenters. The highest BCUT2D eigenvalue weighted by atomic mass is 35.5. The van der Waals surface area contributed by atoms with Gasteiger partial charge in [0.1, 0.15) is 17.0 Å². The number of imide groups is 1. The molecule has 2 fully saturated rings. The Labute approximate surface area is 212 Å². The molecule has 0 radical (unpaired) electrons. The van der Waals surface area contributed by atoms with E-state index in [4.69, 9.17) is 9.47 Å². The van der Waals surface area contributed by atoms with Crippen molar-refractivity contribution in [1.29, 1.82) is 0 Å². The smallest absolute Gasteiger partial charge is 0.325 e. The number of methoxy groups -OCH3 is 2. The lowest BCUT2D eigenvalue weighted by Gasteiger charge is -2.37. The van der Waals surface area contributed by atoms with Crippen molar-refractivity contribution >= 4 is 30.0 Å². The summed E-state index contributed by atoms with van der Waals surface area (Å²) in [6.45, 7) is 5.13. The lowest BCUT2D eigenvalue weighted by Crippen LogP contribution is -2.50. The molecule has 10 heteroatoms. The summed E-state index contributed by atoms with van der Waals surface area (Å²) in [6.07, 6.45) is -0.842. The van der Waals surface area contributed by atoms with Crippen LogP contribution in [0.2, 0.25) is 0 Å². The van der Waals surface area contributed by atoms with E-state index in [1.165, 1.54) is 0 Å². The number of aliphatic hydroxyl groups excluding tert-OH is 1. The normalized spacial score (nSPS) is 21.4. The van der Waals surface area contributed by atoms with E-state index in [2.05, 4.69) is 15.1 Å². The molecule has 0 aliphatic carbocycles. The fourth-order valence-electron chi connectivity index (χ4n) is 4.61. The third-order valence-corrected chi connectivity index (χ3v) is 6.60. The van der Waals surface area contributed by atoms with Crippen LogP contribution in [-0.4, -0.2) is 86.4 Å². The molecule has 2 aromatic rings. The van der Waals surface area contributed by atoms with E-state index >= 15 is 0 Å². The van der Waals surface area contributed by atoms with Crippen molar-refractivity contribution in [2.45, 2.75) is 18.6 Å². The maximum atomic E-state index is 13.1. The van der Waals surface area contributed by atoms with Gasteiger partial charge in [-0.15, -0.1) is 12.4 Å². The summed E-state index contributed by atoms with van der Waals surface area (Å²) in [4.78, 5) is 31.3. The first-order valence-corrected chi connectivity index (χ1v) is 11.4. The third kappa shape index (κ3) is 5.47. The summed E-state index contributed by atoms with van der Waals surface area (Å²) < 4.78 is 10.6. The number of nitrogens with one attached hydrogen (secondary N) is 1. The second-order valence-electron chi connectivity index (χ2n) is 8.81. The van der Waals surface area contributed by atoms with E-state index in [0.29, 0.717) is 17.9 Å². The van der Waals surface area contributed by atoms with Gasteiger partial charge in [0.05, 0.1) is 32.6 Å². The van der Waals surface area contributed by atoms with E-state index < -0.39 is 17.7 Å². The number of halogens is 1. The number of hydrogen-bond donors (Lipinski definition) is 2. The Kier molecular flexibility index (Phi) is 8.47. The summed E-state index contributed by atoms with van der Waals surface area (Å²) >= 11 is 0. The fraction of sp³-hybridized carbons (Fsp3) is 0.440. The minimum absolute atomic E-state index is 0. The average molecular weight is 505 g/mol. The molecular weight excluding hydrogens is 472 g/mol. The van der Waals surface area contributed by atoms with Crippen LogP contribution in [0.5, 0.6) is 11.5 Å². The van der Waals surface area contributed by atoms with Gasteiger partial charge in [-0.3, -0.25) is 14.6 Å². The summed E-state index contributed by atoms with van der Waals surface area (Å²) in [5.74, 6) is 1.14. The molecule has 2 heterocycles. The lowest BCUT2D eigenvalue weighted by molar-refractivity contribution is -0.132. The van der Waals surface area contributed by atoms with E-state index in [1.807, 2.05) is 24.3 Å². The first-order chi connectivity index (χ1) is 16.4. The minimum Gasteiger partial charge on any atom is -0.497 e. The van der Waals surface area contributed by atoms with E-state index in [-0.39, 0.29) is 24.9 Å². The Morgan fingerprint density at radius 3 is 2.26 bits per heavy atom. The van der Waals surface area contributed by atoms with Crippen LogP contribution in [0.15, 0.2) is 48.5 Å². The number of para-hydroxylation sites is 2. The maximum absolute atomic E-state index is 13.1. The van der Waals surface area contributed by atoms with Gasteiger partial charge in [-0.25, -0.2) is 4.79 Å². The van der Waals surface area contributed by atoms with Crippen LogP contribution in [0.3, 0.4) is 0 Å². The number of aliphatic hydroxyl groups is 1. The molecule has 35 heavy (non-hydrogen) atoms. The largest absolute Gasteiger partial charge is 0.497 e. The van der Waals surface area contributed by atoms with Crippen molar-refractivity contribution in [3.8, 4) is 11.5 Å². The number of nitrogens with zero attached hydrogens (tertiary/aromatic N) is 3. The van der Waals surface area contributed by atoms with Crippen molar-refractivity contribution in [2.24, 2.45) is 0 Å². The average Bonchev–Trinajstić information content (AvgIpc) is 3.08. The molecule has 4 rings (SSSR count). The summed E-state index contributed by atoms with van der Waals surface area (Å²) in [5.41, 5.74) is 0.544. The van der Waals surface area contributed by atoms with Crippen LogP contribution >= 0.6 is 12.4 Å². The Bertz CT molecular complexity index is 1030. The Hall–Kier alpha value is -3.01. The SMILES string of the molecule is COc1ccc(C2(C)NC(=O)N(CC(O)CN3CCN(c4ccccc4OC)CC3)C2=O)cc1.Cl. The van der Waals surface area contributed by atoms with E-state index in [0.717, 1.165) is 42.5 Å². The van der Waals surface area contributed by atoms with Crippen molar-refractivity contribution in [1.82, 2.24) is 15.1 Å². The van der Waals surface area contributed by atoms with Gasteiger partial charge in [0, 0.05) is 32.7 Å². The molecule has 190 valence electrons. The highest BCUT2D eigenvalue weighted by Gasteiger charge is 2.49. The second kappa shape index (κ2) is 11.2. The number of carbonyl (C=O) groups excluding carboxylic acids is 2. The topological polar surface area (TPSA) is 94.6 Å². The Balaban J connectivity index is 0.00000342. The molecule has 0 bridgehead atoms. The minimum atomic E-state index is -1.18. The molecule has 2 aromatic carbocycles. The molecule has 3 amide bonds. The van der Waals surface area contributed by atoms with Crippen molar-refractivity contribution in [2.75, 3.05) is 58.4 Å². The number of ether oxygens (including phenoxy) is 2. The highest BCUT2D eigenvalue weighted by molar-refractivity contribution is 6.07. The molecule has 9 nitrogen and oxygen atoms in total. The predicted molar refractivity (Wildman–Crippen MR) is 135 cm³/mol. The summed E-state index contributed by atoms with van der Waals surface area (Å²) in [7, 11) is 3.24. The van der Waals surface area contributed by atoms with Crippen LogP contribution in [0.1, 0.15) is 12.5 Å². The van der Waals surface area contributed by atoms with Gasteiger partial charge in [-0.05, 0) is 36.8 Å². The zero-order valence-electron chi connectivity index (χ0n) is 20.3. The molecule has 2 aliphatic rings. The first kappa shape index (κ1) is 26.6. The van der Waals surface area contributed by atoms with Crippen LogP contribution in [0.4, 0.5) is 10.5 Å². The molecule has 2 unspecified atom stereocenters. The fourth-order valence-corrected chi connectivity index (χ4v) is 4.61. The molecular formula is C25H33ClN4O5. The second-order valence-corrected chi connectivity index (χ2v) is 8.81. The number of amides is 3. The summed E-state index contributed by atoms with van der Waals surface area (Å²) in [6, 6.07) is 14.5. The number of piperazine rings is 1. The third-order valence-electron chi connectivity index (χ3n) is 6.60. The van der Waals surface area contributed by atoms with Gasteiger partial charge in [0.25, 0.3) is 5.91 Å². The summed E-state index contributed by atoms with van der Waals surface area (Å²) in [5, 5.41) is 13.5. The number of β-amino-alcohol motifs (C(OH)–C–C–N with tert-alkyl or cyclic N) is 1. The van der Waals surface area contributed by atoms with Crippen molar-refractivity contribution in [3.63, 3.8) is 0 Å². The van der Waals surface area contributed by atoms with Crippen LogP contribution in [-0.2, 0) is 10.3 Å². The molecule has 2 aliphatic heterocycles. The van der Waals surface area contributed by atoms with Gasteiger partial charge in [0.15, 0.2) is 0 Å². The van der Waals surface area contributed by atoms with Gasteiger partial charge < -0.3 is 24.8 Å². The zero-order valence-corrected chi connectivity index (χ0v) is 21.1. The molecule has 0 aromatic heterocycles. The highest BCUT2D eigenvalue weighted by Crippen LogP contribution is 2.31. The van der Waals surface area contributed by atoms with Crippen LogP contribution in [0, 0.1) is 0 Å². The molecule has 2 N–H and O–H groups in total. The Morgan fingerprint density at radius 2 is 1.63 bits per heavy atom. The monoisotopic (exact) mass is 504 g/mol. The number of carbonyl (C=O) groups is 2. The van der Waals surface area contributed by atoms with Crippen LogP contribution < -0.4 is 19.7 Å². The van der Waals surface area contributed by atoms with Gasteiger partial charge in [-0.2, -0.15) is 0 Å². The van der Waals surface area contributed by atoms with Crippen LogP contribution in [0.25, 0.3) is 0 Å². The molecule has 2 saturated heterocycles. The number of anilines is 1. The van der Waals surface area contributed by atoms with Gasteiger partial charge >= 0.3 is 6.03 Å². The van der Waals surface area contributed by atoms with Gasteiger partial charge in [0.2, 0.25) is 0 Å². The quantitative estimate of drug-likeness (QED) is 0.531. The maximum Gasteiger partial charge on any atom is 0.325 e. The van der Waals surface area contributed by atoms with E-state index in [1.54, 1.807) is 45.4 Å². The number of rotatable bonds is 8. The number of hydrogen-bond acceptors (Lipinski definition) is 7. The number of benzene rings is 2. The predicted octanol–water partition coefficient (Wildman–Crippen LogP) is 2.08. The zero-order chi connectivity index (χ0) is 24.3. The Morgan fingerprint density at radius 1 is 0.971 bits per heavy atom. The molecule has 0 spiro atoms. The van der Waals surface area contributed by atoms with Gasteiger partial charge in [-0.1, -0.05) is 24.3 Å². The van der Waals surface area contributed by atoms with Crippen molar-refractivity contribution < 1.29 is 24.2 Å².